The van der Waals surface area contributed by atoms with Crippen molar-refractivity contribution >= 4 is 11.4 Å². The summed E-state index contributed by atoms with van der Waals surface area (Å²) in [7, 11) is 1.39. The van der Waals surface area contributed by atoms with Crippen molar-refractivity contribution in [2.45, 2.75) is 44.6 Å². The maximum absolute atomic E-state index is 15.1. The topological polar surface area (TPSA) is 127 Å². The van der Waals surface area contributed by atoms with Gasteiger partial charge in [-0.3, -0.25) is 4.79 Å². The van der Waals surface area contributed by atoms with E-state index in [9.17, 15) is 4.79 Å². The van der Waals surface area contributed by atoms with Gasteiger partial charge in [0.2, 0.25) is 0 Å². The Balaban J connectivity index is 1.07. The summed E-state index contributed by atoms with van der Waals surface area (Å²) in [5.74, 6) is 0.441. The highest BCUT2D eigenvalue weighted by Crippen LogP contribution is 2.41. The summed E-state index contributed by atoms with van der Waals surface area (Å²) in [5, 5.41) is 19.4. The molecule has 1 aliphatic carbocycles. The van der Waals surface area contributed by atoms with Crippen LogP contribution in [0.15, 0.2) is 43.1 Å². The number of aromatic nitrogens is 9. The quantitative estimate of drug-likeness (QED) is 0.225. The molecule has 0 N–H and O–H groups in total. The van der Waals surface area contributed by atoms with Crippen LogP contribution in [0, 0.1) is 11.7 Å². The third kappa shape index (κ3) is 5.08. The van der Waals surface area contributed by atoms with Gasteiger partial charge in [0.25, 0.3) is 0 Å². The van der Waals surface area contributed by atoms with Gasteiger partial charge < -0.3 is 13.9 Å². The van der Waals surface area contributed by atoms with Crippen LogP contribution in [0.1, 0.15) is 58.1 Å². The fraction of sp³-hybridized carbons (Fsp3) is 0.393. The monoisotopic (exact) mass is 557 g/mol. The average molecular weight is 558 g/mol. The first-order valence-electron chi connectivity index (χ1n) is 13.7. The maximum atomic E-state index is 15.1. The molecule has 5 heterocycles. The molecule has 1 aromatic carbocycles. The van der Waals surface area contributed by atoms with E-state index in [4.69, 9.17) is 14.5 Å². The number of ether oxygens (including phenoxy) is 2. The zero-order valence-electron chi connectivity index (χ0n) is 22.5. The molecule has 41 heavy (non-hydrogen) atoms. The lowest BCUT2D eigenvalue weighted by atomic mass is 9.97. The molecule has 0 radical (unpaired) electrons. The fourth-order valence-electron chi connectivity index (χ4n) is 5.33. The van der Waals surface area contributed by atoms with Gasteiger partial charge in [0.1, 0.15) is 17.7 Å². The molecule has 4 aromatic heterocycles. The van der Waals surface area contributed by atoms with Crippen molar-refractivity contribution in [3.05, 3.63) is 77.0 Å². The van der Waals surface area contributed by atoms with E-state index in [2.05, 4.69) is 42.5 Å². The van der Waals surface area contributed by atoms with E-state index in [0.717, 1.165) is 31.0 Å². The maximum Gasteiger partial charge on any atom is 0.185 e. The number of tetrazole rings is 1. The highest BCUT2D eigenvalue weighted by molar-refractivity contribution is 5.94. The number of pyridine rings is 1. The van der Waals surface area contributed by atoms with Gasteiger partial charge in [0, 0.05) is 30.3 Å². The summed E-state index contributed by atoms with van der Waals surface area (Å²) in [6, 6.07) is 5.46. The number of hydrogen-bond donors (Lipinski definition) is 0. The van der Waals surface area contributed by atoms with Gasteiger partial charge in [0.15, 0.2) is 17.3 Å². The number of halogens is 1. The third-order valence-corrected chi connectivity index (χ3v) is 7.71. The molecule has 210 valence electrons. The first kappa shape index (κ1) is 25.4. The molecule has 5 aromatic rings. The van der Waals surface area contributed by atoms with Crippen LogP contribution in [0.2, 0.25) is 0 Å². The predicted molar refractivity (Wildman–Crippen MR) is 143 cm³/mol. The van der Waals surface area contributed by atoms with Crippen molar-refractivity contribution in [2.75, 3.05) is 20.3 Å². The zero-order valence-corrected chi connectivity index (χ0v) is 22.5. The van der Waals surface area contributed by atoms with E-state index in [1.807, 2.05) is 6.20 Å². The number of carbonyl (C=O) groups is 1. The van der Waals surface area contributed by atoms with Crippen molar-refractivity contribution in [1.29, 1.82) is 0 Å². The third-order valence-electron chi connectivity index (χ3n) is 7.71. The molecule has 1 saturated heterocycles. The summed E-state index contributed by atoms with van der Waals surface area (Å²) in [4.78, 5) is 17.9. The molecule has 7 rings (SSSR count). The second-order valence-electron chi connectivity index (χ2n) is 10.7. The van der Waals surface area contributed by atoms with Crippen LogP contribution in [0.3, 0.4) is 0 Å². The molecule has 0 amide bonds. The SMILES string of the molecule is COc1ccc(-n2cnnn2)c(CCC(=O)c2cn(Cc3cn4cc(C5CC5)cc(CC5COC5)c4n3)nn2)c1F. The Labute approximate surface area is 234 Å². The zero-order chi connectivity index (χ0) is 27.9. The number of imidazole rings is 1. The summed E-state index contributed by atoms with van der Waals surface area (Å²) in [6.07, 6.45) is 10.7. The van der Waals surface area contributed by atoms with E-state index in [1.54, 1.807) is 16.9 Å². The van der Waals surface area contributed by atoms with E-state index >= 15 is 4.39 Å². The van der Waals surface area contributed by atoms with Crippen molar-refractivity contribution < 1.29 is 18.7 Å². The minimum atomic E-state index is -0.558. The summed E-state index contributed by atoms with van der Waals surface area (Å²) < 4.78 is 30.7. The Morgan fingerprint density at radius 1 is 1.17 bits per heavy atom. The normalized spacial score (nSPS) is 15.4. The molecule has 1 saturated carbocycles. The van der Waals surface area contributed by atoms with Gasteiger partial charge in [0.05, 0.1) is 44.4 Å². The van der Waals surface area contributed by atoms with Crippen LogP contribution in [0.25, 0.3) is 11.3 Å². The smallest absolute Gasteiger partial charge is 0.185 e. The standard InChI is InChI=1S/C28H28FN9O3/c1-40-26-7-5-24(38-16-30-33-35-38)22(27(26)29)4-6-25(39)23-13-37(34-32-23)12-21-11-36-10-20(18-2-3-18)9-19(28(36)31-21)8-17-14-41-15-17/h5,7,9-11,13,16-18H,2-4,6,8,12,14-15H2,1H3. The van der Waals surface area contributed by atoms with Crippen LogP contribution in [-0.4, -0.2) is 70.7 Å². The number of ketones is 1. The van der Waals surface area contributed by atoms with E-state index in [-0.39, 0.29) is 35.6 Å². The molecule has 0 spiro atoms. The van der Waals surface area contributed by atoms with Gasteiger partial charge in [-0.25, -0.2) is 18.7 Å². The number of hydrogen-bond acceptors (Lipinski definition) is 9. The van der Waals surface area contributed by atoms with Gasteiger partial charge >= 0.3 is 0 Å². The number of methoxy groups -OCH3 is 1. The fourth-order valence-corrected chi connectivity index (χ4v) is 5.33. The van der Waals surface area contributed by atoms with E-state index < -0.39 is 5.82 Å². The number of fused-ring (bicyclic) bond motifs is 1. The molecule has 0 bridgehead atoms. The molecule has 1 aliphatic heterocycles. The average Bonchev–Trinajstić information content (AvgIpc) is 3.30. The Bertz CT molecular complexity index is 1720. The Morgan fingerprint density at radius 3 is 2.78 bits per heavy atom. The summed E-state index contributed by atoms with van der Waals surface area (Å²) in [6.45, 7) is 1.97. The molecule has 2 aliphatic rings. The number of benzene rings is 1. The lowest BCUT2D eigenvalue weighted by molar-refractivity contribution is -0.0311. The first-order chi connectivity index (χ1) is 20.1. The van der Waals surface area contributed by atoms with Gasteiger partial charge in [-0.2, -0.15) is 0 Å². The molecule has 13 heteroatoms. The minimum absolute atomic E-state index is 0.0183. The van der Waals surface area contributed by atoms with Crippen LogP contribution >= 0.6 is 0 Å². The van der Waals surface area contributed by atoms with Crippen molar-refractivity contribution in [1.82, 2.24) is 44.6 Å². The van der Waals surface area contributed by atoms with Crippen molar-refractivity contribution in [2.24, 2.45) is 5.92 Å². The van der Waals surface area contributed by atoms with Gasteiger partial charge in [-0.1, -0.05) is 11.3 Å². The number of Topliss-reactive ketones (excluding diaryl/α,β-unsaturated/α-hetero) is 1. The van der Waals surface area contributed by atoms with Crippen molar-refractivity contribution in [3.8, 4) is 11.4 Å². The van der Waals surface area contributed by atoms with Crippen LogP contribution in [0.4, 0.5) is 4.39 Å². The number of carbonyl (C=O) groups excluding carboxylic acids is 1. The highest BCUT2D eigenvalue weighted by Gasteiger charge is 2.27. The molecule has 0 unspecified atom stereocenters. The lowest BCUT2D eigenvalue weighted by Gasteiger charge is -2.26. The molecule has 2 fully saturated rings. The van der Waals surface area contributed by atoms with Gasteiger partial charge in [-0.15, -0.1) is 10.2 Å². The summed E-state index contributed by atoms with van der Waals surface area (Å²) in [5.41, 5.74) is 5.31. The molecular formula is C28H28FN9O3. The second-order valence-corrected chi connectivity index (χ2v) is 10.7. The highest BCUT2D eigenvalue weighted by atomic mass is 19.1. The molecule has 0 atom stereocenters. The van der Waals surface area contributed by atoms with E-state index in [0.29, 0.717) is 24.1 Å². The Hall–Kier alpha value is -4.52. The Morgan fingerprint density at radius 2 is 2.05 bits per heavy atom. The minimum Gasteiger partial charge on any atom is -0.494 e. The van der Waals surface area contributed by atoms with Gasteiger partial charge in [-0.05, 0) is 65.3 Å². The van der Waals surface area contributed by atoms with Crippen LogP contribution in [0.5, 0.6) is 5.75 Å². The summed E-state index contributed by atoms with van der Waals surface area (Å²) >= 11 is 0. The lowest BCUT2D eigenvalue weighted by Crippen LogP contribution is -2.29. The number of rotatable bonds is 11. The number of nitrogens with zero attached hydrogens (tertiary/aromatic N) is 9. The Kier molecular flexibility index (Phi) is 6.50. The van der Waals surface area contributed by atoms with Crippen LogP contribution < -0.4 is 4.74 Å². The first-order valence-corrected chi connectivity index (χ1v) is 13.7. The predicted octanol–water partition coefficient (Wildman–Crippen LogP) is 2.98. The van der Waals surface area contributed by atoms with E-state index in [1.165, 1.54) is 48.2 Å². The largest absolute Gasteiger partial charge is 0.494 e. The second kappa shape index (κ2) is 10.5. The molecule has 12 nitrogen and oxygen atoms in total. The molecular weight excluding hydrogens is 529 g/mol. The van der Waals surface area contributed by atoms with Crippen molar-refractivity contribution in [3.63, 3.8) is 0 Å². The van der Waals surface area contributed by atoms with Crippen LogP contribution in [-0.2, 0) is 24.1 Å².